The van der Waals surface area contributed by atoms with E-state index in [-0.39, 0.29) is 5.97 Å². The van der Waals surface area contributed by atoms with Crippen LogP contribution in [0.25, 0.3) is 0 Å². The lowest BCUT2D eigenvalue weighted by molar-refractivity contribution is -0.133. The van der Waals surface area contributed by atoms with E-state index in [0.717, 1.165) is 12.0 Å². The molecule has 0 saturated carbocycles. The first kappa shape index (κ1) is 9.21. The van der Waals surface area contributed by atoms with Gasteiger partial charge in [0.1, 0.15) is 0 Å². The summed E-state index contributed by atoms with van der Waals surface area (Å²) in [5, 5.41) is 0. The molecule has 0 aliphatic rings. The van der Waals surface area contributed by atoms with Gasteiger partial charge in [0.25, 0.3) is 0 Å². The maximum absolute atomic E-state index is 10.7. The van der Waals surface area contributed by atoms with Gasteiger partial charge < -0.3 is 4.52 Å². The molecule has 0 aliphatic carbocycles. The fourth-order valence-electron chi connectivity index (χ4n) is 0.950. The lowest BCUT2D eigenvalue weighted by atomic mass is 10.1. The van der Waals surface area contributed by atoms with E-state index in [9.17, 15) is 4.79 Å². The third-order valence-corrected chi connectivity index (χ3v) is 1.85. The number of carbonyl (C=O) groups excluding carboxylic acids is 1. The number of hydrogen-bond acceptors (Lipinski definition) is 2. The summed E-state index contributed by atoms with van der Waals surface area (Å²) in [6, 6.07) is 9.87. The fourth-order valence-corrected chi connectivity index (χ4v) is 1.07. The zero-order valence-electron chi connectivity index (χ0n) is 6.69. The molecule has 0 aliphatic heterocycles. The smallest absolute Gasteiger partial charge is 0.308 e. The molecule has 0 aromatic heterocycles. The van der Waals surface area contributed by atoms with Crippen molar-refractivity contribution in [2.45, 2.75) is 12.8 Å². The lowest BCUT2D eigenvalue weighted by Crippen LogP contribution is -1.98. The van der Waals surface area contributed by atoms with Crippen molar-refractivity contribution >= 4 is 15.4 Å². The maximum atomic E-state index is 10.7. The molecule has 0 fully saturated rings. The predicted molar refractivity (Wildman–Crippen MR) is 50.6 cm³/mol. The van der Waals surface area contributed by atoms with Crippen LogP contribution in [0.15, 0.2) is 30.3 Å². The first-order valence-corrected chi connectivity index (χ1v) is 4.23. The highest BCUT2D eigenvalue weighted by Crippen LogP contribution is 2.03. The van der Waals surface area contributed by atoms with Gasteiger partial charge in [0, 0.05) is 6.42 Å². The monoisotopic (exact) mass is 182 g/mol. The molecule has 1 rings (SSSR count). The van der Waals surface area contributed by atoms with Crippen LogP contribution in [0.1, 0.15) is 12.0 Å². The second kappa shape index (κ2) is 4.89. The van der Waals surface area contributed by atoms with Crippen molar-refractivity contribution in [3.8, 4) is 0 Å². The molecular weight excluding hydrogens is 171 g/mol. The first-order valence-electron chi connectivity index (χ1n) is 3.76. The van der Waals surface area contributed by atoms with Crippen LogP contribution in [0.4, 0.5) is 0 Å². The maximum Gasteiger partial charge on any atom is 0.308 e. The van der Waals surface area contributed by atoms with Gasteiger partial charge >= 0.3 is 5.97 Å². The summed E-state index contributed by atoms with van der Waals surface area (Å²) < 4.78 is 4.45. The van der Waals surface area contributed by atoms with E-state index >= 15 is 0 Å². The summed E-state index contributed by atoms with van der Waals surface area (Å²) in [7, 11) is 1.96. The van der Waals surface area contributed by atoms with Crippen LogP contribution in [0.3, 0.4) is 0 Å². The Morgan fingerprint density at radius 3 is 2.58 bits per heavy atom. The molecule has 2 nitrogen and oxygen atoms in total. The molecule has 0 radical (unpaired) electrons. The van der Waals surface area contributed by atoms with Gasteiger partial charge in [-0.3, -0.25) is 4.79 Å². The van der Waals surface area contributed by atoms with Gasteiger partial charge in [-0.15, -0.1) is 0 Å². The minimum atomic E-state index is -0.191. The van der Waals surface area contributed by atoms with Crippen molar-refractivity contribution in [3.05, 3.63) is 35.9 Å². The van der Waals surface area contributed by atoms with Crippen LogP contribution in [0.5, 0.6) is 0 Å². The van der Waals surface area contributed by atoms with Crippen molar-refractivity contribution < 1.29 is 9.32 Å². The van der Waals surface area contributed by atoms with Gasteiger partial charge in [-0.25, -0.2) is 0 Å². The van der Waals surface area contributed by atoms with Crippen LogP contribution in [-0.2, 0) is 15.7 Å². The molecule has 12 heavy (non-hydrogen) atoms. The van der Waals surface area contributed by atoms with Crippen LogP contribution in [-0.4, -0.2) is 5.97 Å². The minimum Gasteiger partial charge on any atom is -0.451 e. The zero-order chi connectivity index (χ0) is 8.81. The molecule has 1 aromatic rings. The molecule has 64 valence electrons. The molecule has 1 aromatic carbocycles. The molecule has 0 saturated heterocycles. The Morgan fingerprint density at radius 1 is 1.33 bits per heavy atom. The largest absolute Gasteiger partial charge is 0.451 e. The van der Waals surface area contributed by atoms with E-state index in [2.05, 4.69) is 4.52 Å². The number of benzene rings is 1. The second-order valence-corrected chi connectivity index (χ2v) is 2.71. The SMILES string of the molecule is O=C(CCc1ccccc1)OP. The Morgan fingerprint density at radius 2 is 2.00 bits per heavy atom. The third kappa shape index (κ3) is 3.02. The van der Waals surface area contributed by atoms with Crippen molar-refractivity contribution in [2.24, 2.45) is 0 Å². The second-order valence-electron chi connectivity index (χ2n) is 2.48. The Kier molecular flexibility index (Phi) is 3.75. The predicted octanol–water partition coefficient (Wildman–Crippen LogP) is 1.95. The van der Waals surface area contributed by atoms with E-state index in [1.165, 1.54) is 0 Å². The van der Waals surface area contributed by atoms with Gasteiger partial charge in [0.15, 0.2) is 0 Å². The Bertz CT molecular complexity index is 246. The van der Waals surface area contributed by atoms with Crippen LogP contribution in [0, 0.1) is 0 Å². The highest BCUT2D eigenvalue weighted by atomic mass is 31.0. The topological polar surface area (TPSA) is 26.3 Å². The summed E-state index contributed by atoms with van der Waals surface area (Å²) in [6.07, 6.45) is 1.18. The van der Waals surface area contributed by atoms with Crippen molar-refractivity contribution in [2.75, 3.05) is 0 Å². The number of hydrogen-bond donors (Lipinski definition) is 0. The molecule has 0 spiro atoms. The third-order valence-electron chi connectivity index (χ3n) is 1.59. The molecule has 1 unspecified atom stereocenters. The van der Waals surface area contributed by atoms with Gasteiger partial charge in [-0.05, 0) is 12.0 Å². The lowest BCUT2D eigenvalue weighted by Gasteiger charge is -1.98. The van der Waals surface area contributed by atoms with Crippen LogP contribution < -0.4 is 0 Å². The van der Waals surface area contributed by atoms with Crippen molar-refractivity contribution in [3.63, 3.8) is 0 Å². The van der Waals surface area contributed by atoms with E-state index in [4.69, 9.17) is 0 Å². The first-order chi connectivity index (χ1) is 5.83. The zero-order valence-corrected chi connectivity index (χ0v) is 7.85. The minimum absolute atomic E-state index is 0.191. The highest BCUT2D eigenvalue weighted by Gasteiger charge is 1.99. The number of aryl methyl sites for hydroxylation is 1. The van der Waals surface area contributed by atoms with Crippen molar-refractivity contribution in [1.29, 1.82) is 0 Å². The van der Waals surface area contributed by atoms with Crippen molar-refractivity contribution in [1.82, 2.24) is 0 Å². The molecule has 0 bridgehead atoms. The standard InChI is InChI=1S/C9H11O2P/c10-9(11-12)7-6-8-4-2-1-3-5-8/h1-5H,6-7,12H2. The normalized spacial score (nSPS) is 9.42. The van der Waals surface area contributed by atoms with E-state index in [0.29, 0.717) is 6.42 Å². The fraction of sp³-hybridized carbons (Fsp3) is 0.222. The number of rotatable bonds is 3. The number of carbonyl (C=O) groups is 1. The summed E-state index contributed by atoms with van der Waals surface area (Å²) in [4.78, 5) is 10.7. The van der Waals surface area contributed by atoms with Crippen LogP contribution >= 0.6 is 9.47 Å². The molecule has 0 amide bonds. The van der Waals surface area contributed by atoms with E-state index in [1.807, 2.05) is 39.8 Å². The van der Waals surface area contributed by atoms with Crippen LogP contribution in [0.2, 0.25) is 0 Å². The van der Waals surface area contributed by atoms with Gasteiger partial charge in [0.05, 0.1) is 9.47 Å². The highest BCUT2D eigenvalue weighted by molar-refractivity contribution is 7.10. The molecular formula is C9H11O2P. The van der Waals surface area contributed by atoms with Gasteiger partial charge in [0.2, 0.25) is 0 Å². The Balaban J connectivity index is 2.38. The molecule has 0 heterocycles. The molecule has 3 heteroatoms. The average molecular weight is 182 g/mol. The Labute approximate surface area is 74.2 Å². The summed E-state index contributed by atoms with van der Waals surface area (Å²) >= 11 is 0. The van der Waals surface area contributed by atoms with Gasteiger partial charge in [-0.2, -0.15) is 0 Å². The summed E-state index contributed by atoms with van der Waals surface area (Å²) in [6.45, 7) is 0. The average Bonchev–Trinajstić information content (AvgIpc) is 2.16. The Hall–Kier alpha value is -0.880. The molecule has 1 atom stereocenters. The summed E-state index contributed by atoms with van der Waals surface area (Å²) in [5.74, 6) is -0.191. The van der Waals surface area contributed by atoms with E-state index < -0.39 is 0 Å². The summed E-state index contributed by atoms with van der Waals surface area (Å²) in [5.41, 5.74) is 1.16. The quantitative estimate of drug-likeness (QED) is 0.668. The molecule has 0 N–H and O–H groups in total. The van der Waals surface area contributed by atoms with Gasteiger partial charge in [-0.1, -0.05) is 30.3 Å². The van der Waals surface area contributed by atoms with E-state index in [1.54, 1.807) is 0 Å².